The fourth-order valence-electron chi connectivity index (χ4n) is 3.32. The Morgan fingerprint density at radius 2 is 1.94 bits per heavy atom. The molecule has 0 bridgehead atoms. The smallest absolute Gasteiger partial charge is 0.270 e. The van der Waals surface area contributed by atoms with Crippen LogP contribution in [0.15, 0.2) is 65.6 Å². The molecule has 1 fully saturated rings. The second kappa shape index (κ2) is 9.95. The third-order valence-corrected chi connectivity index (χ3v) is 6.51. The van der Waals surface area contributed by atoms with E-state index < -0.39 is 5.82 Å². The standard InChI is InChI=1S/C25H19ClFNO3S2/c1-15-4-3-5-17(10-15)14-31-21-9-6-16(11-22(21)30-2)12-23-24(29)28(25(32)33-23)18-7-8-20(27)19(26)13-18/h3-13H,14H2,1-2H3/b23-12-. The van der Waals surface area contributed by atoms with Gasteiger partial charge in [0.1, 0.15) is 12.4 Å². The Morgan fingerprint density at radius 1 is 1.12 bits per heavy atom. The summed E-state index contributed by atoms with van der Waals surface area (Å²) in [4.78, 5) is 14.8. The van der Waals surface area contributed by atoms with Gasteiger partial charge in [-0.05, 0) is 54.5 Å². The van der Waals surface area contributed by atoms with Gasteiger partial charge in [0.2, 0.25) is 0 Å². The highest BCUT2D eigenvalue weighted by Gasteiger charge is 2.33. The van der Waals surface area contributed by atoms with Crippen molar-refractivity contribution in [3.05, 3.63) is 93.1 Å². The minimum Gasteiger partial charge on any atom is -0.493 e. The van der Waals surface area contributed by atoms with Crippen molar-refractivity contribution in [1.29, 1.82) is 0 Å². The van der Waals surface area contributed by atoms with Crippen LogP contribution < -0.4 is 14.4 Å². The molecule has 0 unspecified atom stereocenters. The SMILES string of the molecule is COc1cc(/C=C2\SC(=S)N(c3ccc(F)c(Cl)c3)C2=O)ccc1OCc1cccc(C)c1. The van der Waals surface area contributed by atoms with Crippen molar-refractivity contribution >= 4 is 57.6 Å². The average molecular weight is 500 g/mol. The molecule has 3 aromatic rings. The van der Waals surface area contributed by atoms with Gasteiger partial charge in [-0.2, -0.15) is 0 Å². The molecule has 1 saturated heterocycles. The van der Waals surface area contributed by atoms with Gasteiger partial charge in [-0.1, -0.05) is 71.5 Å². The number of methoxy groups -OCH3 is 1. The first-order chi connectivity index (χ1) is 15.9. The van der Waals surface area contributed by atoms with E-state index in [2.05, 4.69) is 6.07 Å². The summed E-state index contributed by atoms with van der Waals surface area (Å²) in [6.07, 6.45) is 1.73. The van der Waals surface area contributed by atoms with Crippen LogP contribution in [0.25, 0.3) is 6.08 Å². The summed E-state index contributed by atoms with van der Waals surface area (Å²) >= 11 is 12.4. The quantitative estimate of drug-likeness (QED) is 0.276. The molecule has 1 aliphatic heterocycles. The van der Waals surface area contributed by atoms with E-state index in [4.69, 9.17) is 33.3 Å². The lowest BCUT2D eigenvalue weighted by atomic mass is 10.1. The predicted molar refractivity (Wildman–Crippen MR) is 136 cm³/mol. The largest absolute Gasteiger partial charge is 0.493 e. The molecule has 4 nitrogen and oxygen atoms in total. The number of hydrogen-bond donors (Lipinski definition) is 0. The Balaban J connectivity index is 1.54. The van der Waals surface area contributed by atoms with Crippen LogP contribution in [0.4, 0.5) is 10.1 Å². The summed E-state index contributed by atoms with van der Waals surface area (Å²) in [6, 6.07) is 17.6. The molecule has 3 aromatic carbocycles. The number of carbonyl (C=O) groups excluding carboxylic acids is 1. The van der Waals surface area contributed by atoms with Gasteiger partial charge in [0, 0.05) is 0 Å². The number of hydrogen-bond acceptors (Lipinski definition) is 5. The van der Waals surface area contributed by atoms with Gasteiger partial charge in [-0.25, -0.2) is 4.39 Å². The lowest BCUT2D eigenvalue weighted by Gasteiger charge is -2.14. The normalized spacial score (nSPS) is 14.8. The number of amides is 1. The maximum atomic E-state index is 13.5. The summed E-state index contributed by atoms with van der Waals surface area (Å²) in [5.74, 6) is 0.298. The second-order valence-electron chi connectivity index (χ2n) is 7.30. The van der Waals surface area contributed by atoms with Crippen LogP contribution in [0.3, 0.4) is 0 Å². The van der Waals surface area contributed by atoms with Gasteiger partial charge in [0.05, 0.1) is 22.7 Å². The van der Waals surface area contributed by atoms with E-state index >= 15 is 0 Å². The molecule has 0 saturated carbocycles. The number of aryl methyl sites for hydroxylation is 1. The summed E-state index contributed by atoms with van der Waals surface area (Å²) < 4.78 is 25.3. The summed E-state index contributed by atoms with van der Waals surface area (Å²) in [7, 11) is 1.57. The van der Waals surface area contributed by atoms with Crippen LogP contribution in [-0.4, -0.2) is 17.3 Å². The van der Waals surface area contributed by atoms with E-state index in [0.717, 1.165) is 11.1 Å². The lowest BCUT2D eigenvalue weighted by molar-refractivity contribution is -0.113. The van der Waals surface area contributed by atoms with Crippen LogP contribution in [-0.2, 0) is 11.4 Å². The number of carbonyl (C=O) groups is 1. The van der Waals surface area contributed by atoms with Gasteiger partial charge < -0.3 is 9.47 Å². The highest BCUT2D eigenvalue weighted by atomic mass is 35.5. The number of thioether (sulfide) groups is 1. The maximum Gasteiger partial charge on any atom is 0.270 e. The minimum atomic E-state index is -0.557. The zero-order valence-electron chi connectivity index (χ0n) is 17.8. The summed E-state index contributed by atoms with van der Waals surface area (Å²) in [5, 5.41) is -0.0727. The summed E-state index contributed by atoms with van der Waals surface area (Å²) in [6.45, 7) is 2.45. The number of rotatable bonds is 6. The molecular weight excluding hydrogens is 481 g/mol. The van der Waals surface area contributed by atoms with Crippen molar-refractivity contribution in [2.45, 2.75) is 13.5 Å². The van der Waals surface area contributed by atoms with Gasteiger partial charge in [-0.3, -0.25) is 9.69 Å². The highest BCUT2D eigenvalue weighted by Crippen LogP contribution is 2.38. The Labute approximate surface area is 206 Å². The van der Waals surface area contributed by atoms with E-state index in [0.29, 0.717) is 33.0 Å². The Bertz CT molecular complexity index is 1280. The van der Waals surface area contributed by atoms with Crippen LogP contribution in [0.2, 0.25) is 5.02 Å². The second-order valence-corrected chi connectivity index (χ2v) is 9.39. The maximum absolute atomic E-state index is 13.5. The molecule has 0 atom stereocenters. The molecule has 8 heteroatoms. The predicted octanol–water partition coefficient (Wildman–Crippen LogP) is 6.78. The lowest BCUT2D eigenvalue weighted by Crippen LogP contribution is -2.27. The van der Waals surface area contributed by atoms with E-state index in [1.54, 1.807) is 25.3 Å². The monoisotopic (exact) mass is 499 g/mol. The molecule has 0 radical (unpaired) electrons. The Hall–Kier alpha value is -2.87. The van der Waals surface area contributed by atoms with Crippen molar-refractivity contribution in [3.63, 3.8) is 0 Å². The van der Waals surface area contributed by atoms with Crippen molar-refractivity contribution in [1.82, 2.24) is 0 Å². The zero-order valence-corrected chi connectivity index (χ0v) is 20.2. The first kappa shape index (κ1) is 23.3. The van der Waals surface area contributed by atoms with Crippen LogP contribution in [0, 0.1) is 12.7 Å². The Kier molecular flexibility index (Phi) is 7.02. The molecule has 33 heavy (non-hydrogen) atoms. The highest BCUT2D eigenvalue weighted by molar-refractivity contribution is 8.27. The van der Waals surface area contributed by atoms with E-state index in [9.17, 15) is 9.18 Å². The van der Waals surface area contributed by atoms with E-state index in [1.165, 1.54) is 40.4 Å². The number of benzene rings is 3. The van der Waals surface area contributed by atoms with Crippen LogP contribution >= 0.6 is 35.6 Å². The topological polar surface area (TPSA) is 38.8 Å². The molecule has 0 aromatic heterocycles. The average Bonchev–Trinajstić information content (AvgIpc) is 3.07. The molecule has 1 heterocycles. The molecule has 1 aliphatic rings. The van der Waals surface area contributed by atoms with Crippen LogP contribution in [0.5, 0.6) is 11.5 Å². The zero-order chi connectivity index (χ0) is 23.5. The number of anilines is 1. The van der Waals surface area contributed by atoms with Gasteiger partial charge in [0.15, 0.2) is 15.8 Å². The van der Waals surface area contributed by atoms with E-state index in [-0.39, 0.29) is 10.9 Å². The first-order valence-corrected chi connectivity index (χ1v) is 11.6. The molecular formula is C25H19ClFNO3S2. The molecule has 168 valence electrons. The van der Waals surface area contributed by atoms with Crippen molar-refractivity contribution in [2.75, 3.05) is 12.0 Å². The number of halogens is 2. The molecule has 4 rings (SSSR count). The number of thiocarbonyl (C=S) groups is 1. The summed E-state index contributed by atoms with van der Waals surface area (Å²) in [5.41, 5.74) is 3.40. The fourth-order valence-corrected chi connectivity index (χ4v) is 4.80. The number of nitrogens with zero attached hydrogens (tertiary/aromatic N) is 1. The van der Waals surface area contributed by atoms with E-state index in [1.807, 2.05) is 31.2 Å². The van der Waals surface area contributed by atoms with Gasteiger partial charge in [0.25, 0.3) is 5.91 Å². The van der Waals surface area contributed by atoms with Crippen molar-refractivity contribution in [3.8, 4) is 11.5 Å². The Morgan fingerprint density at radius 3 is 2.67 bits per heavy atom. The van der Waals surface area contributed by atoms with Gasteiger partial charge >= 0.3 is 0 Å². The third-order valence-electron chi connectivity index (χ3n) is 4.92. The minimum absolute atomic E-state index is 0.0727. The molecule has 1 amide bonds. The van der Waals surface area contributed by atoms with Crippen molar-refractivity contribution in [2.24, 2.45) is 0 Å². The first-order valence-electron chi connectivity index (χ1n) is 9.95. The molecule has 0 N–H and O–H groups in total. The van der Waals surface area contributed by atoms with Gasteiger partial charge in [-0.15, -0.1) is 0 Å². The number of ether oxygens (including phenoxy) is 2. The fraction of sp³-hybridized carbons (Fsp3) is 0.120. The third kappa shape index (κ3) is 5.21. The molecule has 0 spiro atoms. The van der Waals surface area contributed by atoms with Crippen LogP contribution in [0.1, 0.15) is 16.7 Å². The molecule has 0 aliphatic carbocycles. The van der Waals surface area contributed by atoms with Crippen molar-refractivity contribution < 1.29 is 18.7 Å².